The van der Waals surface area contributed by atoms with E-state index < -0.39 is 5.60 Å². The van der Waals surface area contributed by atoms with Crippen LogP contribution in [-0.2, 0) is 11.3 Å². The molecule has 0 saturated carbocycles. The van der Waals surface area contributed by atoms with Gasteiger partial charge in [0.05, 0.1) is 6.10 Å². The molecule has 2 heterocycles. The SMILES string of the molecule is CC(C)(O)C#Cc1cccc(C(=O)N(Cc2ccsc2)CC2CCCO2)c1. The first-order valence-electron chi connectivity index (χ1n) is 9.18. The lowest BCUT2D eigenvalue weighted by Gasteiger charge is -2.25. The van der Waals surface area contributed by atoms with Crippen LogP contribution in [0.5, 0.6) is 0 Å². The van der Waals surface area contributed by atoms with Gasteiger partial charge < -0.3 is 14.7 Å². The number of hydrogen-bond acceptors (Lipinski definition) is 4. The van der Waals surface area contributed by atoms with E-state index in [2.05, 4.69) is 17.2 Å². The third-order valence-electron chi connectivity index (χ3n) is 4.31. The molecule has 0 bridgehead atoms. The summed E-state index contributed by atoms with van der Waals surface area (Å²) in [5.41, 5.74) is 1.39. The van der Waals surface area contributed by atoms with E-state index in [1.807, 2.05) is 34.5 Å². The lowest BCUT2D eigenvalue weighted by Crippen LogP contribution is -2.36. The van der Waals surface area contributed by atoms with E-state index in [9.17, 15) is 9.90 Å². The second kappa shape index (κ2) is 8.71. The van der Waals surface area contributed by atoms with E-state index in [1.165, 1.54) is 0 Å². The molecule has 1 fully saturated rings. The smallest absolute Gasteiger partial charge is 0.254 e. The minimum Gasteiger partial charge on any atom is -0.378 e. The highest BCUT2D eigenvalue weighted by molar-refractivity contribution is 7.07. The van der Waals surface area contributed by atoms with Crippen molar-refractivity contribution in [2.24, 2.45) is 0 Å². The van der Waals surface area contributed by atoms with Gasteiger partial charge in [-0.2, -0.15) is 11.3 Å². The molecule has 0 spiro atoms. The molecule has 1 aliphatic heterocycles. The summed E-state index contributed by atoms with van der Waals surface area (Å²) in [6.45, 7) is 5.21. The maximum Gasteiger partial charge on any atom is 0.254 e. The van der Waals surface area contributed by atoms with Crippen molar-refractivity contribution in [3.05, 3.63) is 57.8 Å². The molecule has 1 aliphatic rings. The van der Waals surface area contributed by atoms with Gasteiger partial charge in [0.2, 0.25) is 0 Å². The summed E-state index contributed by atoms with van der Waals surface area (Å²) >= 11 is 1.63. The van der Waals surface area contributed by atoms with E-state index in [0.717, 1.165) is 30.6 Å². The zero-order valence-electron chi connectivity index (χ0n) is 15.8. The highest BCUT2D eigenvalue weighted by atomic mass is 32.1. The van der Waals surface area contributed by atoms with Crippen LogP contribution in [0.1, 0.15) is 48.2 Å². The number of carbonyl (C=O) groups excluding carboxylic acids is 1. The third-order valence-corrected chi connectivity index (χ3v) is 5.04. The average Bonchev–Trinajstić information content (AvgIpc) is 3.32. The van der Waals surface area contributed by atoms with Crippen molar-refractivity contribution < 1.29 is 14.6 Å². The van der Waals surface area contributed by atoms with Crippen molar-refractivity contribution in [2.75, 3.05) is 13.2 Å². The van der Waals surface area contributed by atoms with Gasteiger partial charge in [-0.15, -0.1) is 0 Å². The summed E-state index contributed by atoms with van der Waals surface area (Å²) < 4.78 is 5.75. The van der Waals surface area contributed by atoms with Crippen LogP contribution >= 0.6 is 11.3 Å². The molecule has 5 heteroatoms. The van der Waals surface area contributed by atoms with Gasteiger partial charge in [-0.1, -0.05) is 17.9 Å². The number of ether oxygens (including phenoxy) is 1. The summed E-state index contributed by atoms with van der Waals surface area (Å²) in [6, 6.07) is 9.33. The quantitative estimate of drug-likeness (QED) is 0.801. The Kier molecular flexibility index (Phi) is 6.33. The Bertz CT molecular complexity index is 821. The molecule has 1 aromatic carbocycles. The first kappa shape index (κ1) is 19.6. The molecule has 0 aliphatic carbocycles. The largest absolute Gasteiger partial charge is 0.378 e. The van der Waals surface area contributed by atoms with Crippen LogP contribution in [0.25, 0.3) is 0 Å². The summed E-state index contributed by atoms with van der Waals surface area (Å²) in [5, 5.41) is 13.9. The van der Waals surface area contributed by atoms with Gasteiger partial charge in [0.1, 0.15) is 5.60 Å². The Morgan fingerprint density at radius 3 is 2.93 bits per heavy atom. The maximum atomic E-state index is 13.2. The molecule has 0 radical (unpaired) electrons. The molecular weight excluding hydrogens is 358 g/mol. The Morgan fingerprint density at radius 1 is 1.41 bits per heavy atom. The monoisotopic (exact) mass is 383 g/mol. The molecule has 4 nitrogen and oxygen atoms in total. The standard InChI is InChI=1S/C22H25NO3S/c1-22(2,25)10-8-17-5-3-6-19(13-17)21(24)23(14-18-9-12-27-16-18)15-20-7-4-11-26-20/h3,5-6,9,12-13,16,20,25H,4,7,11,14-15H2,1-2H3. The van der Waals surface area contributed by atoms with E-state index >= 15 is 0 Å². The Balaban J connectivity index is 1.80. The molecule has 2 aromatic rings. The number of hydrogen-bond donors (Lipinski definition) is 1. The van der Waals surface area contributed by atoms with Crippen LogP contribution in [0.3, 0.4) is 0 Å². The Morgan fingerprint density at radius 2 is 2.26 bits per heavy atom. The van der Waals surface area contributed by atoms with Crippen molar-refractivity contribution in [1.82, 2.24) is 4.90 Å². The van der Waals surface area contributed by atoms with Crippen LogP contribution in [0.2, 0.25) is 0 Å². The maximum absolute atomic E-state index is 13.2. The molecule has 1 atom stereocenters. The molecular formula is C22H25NO3S. The van der Waals surface area contributed by atoms with Gasteiger partial charge >= 0.3 is 0 Å². The Hall–Kier alpha value is -2.13. The summed E-state index contributed by atoms with van der Waals surface area (Å²) in [7, 11) is 0. The topological polar surface area (TPSA) is 49.8 Å². The summed E-state index contributed by atoms with van der Waals surface area (Å²) in [4.78, 5) is 15.1. The van der Waals surface area contributed by atoms with Crippen LogP contribution < -0.4 is 0 Å². The number of benzene rings is 1. The fourth-order valence-corrected chi connectivity index (χ4v) is 3.65. The van der Waals surface area contributed by atoms with Crippen LogP contribution in [0, 0.1) is 11.8 Å². The van der Waals surface area contributed by atoms with E-state index in [1.54, 1.807) is 31.3 Å². The van der Waals surface area contributed by atoms with Crippen LogP contribution in [-0.4, -0.2) is 40.8 Å². The molecule has 142 valence electrons. The predicted octanol–water partition coefficient (Wildman–Crippen LogP) is 3.69. The first-order valence-corrected chi connectivity index (χ1v) is 10.1. The molecule has 1 amide bonds. The first-order chi connectivity index (χ1) is 12.9. The highest BCUT2D eigenvalue weighted by Crippen LogP contribution is 2.19. The third kappa shape index (κ3) is 5.93. The number of thiophene rings is 1. The predicted molar refractivity (Wildman–Crippen MR) is 108 cm³/mol. The zero-order valence-corrected chi connectivity index (χ0v) is 16.6. The highest BCUT2D eigenvalue weighted by Gasteiger charge is 2.24. The van der Waals surface area contributed by atoms with Gasteiger partial charge in [0.25, 0.3) is 5.91 Å². The number of carbonyl (C=O) groups is 1. The molecule has 1 unspecified atom stereocenters. The second-order valence-electron chi connectivity index (χ2n) is 7.34. The van der Waals surface area contributed by atoms with Crippen molar-refractivity contribution in [3.63, 3.8) is 0 Å². The van der Waals surface area contributed by atoms with Crippen molar-refractivity contribution in [1.29, 1.82) is 0 Å². The molecule has 27 heavy (non-hydrogen) atoms. The van der Waals surface area contributed by atoms with E-state index in [4.69, 9.17) is 4.74 Å². The van der Waals surface area contributed by atoms with Crippen LogP contribution in [0.15, 0.2) is 41.1 Å². The molecule has 1 aromatic heterocycles. The average molecular weight is 384 g/mol. The molecule has 3 rings (SSSR count). The van der Waals surface area contributed by atoms with E-state index in [0.29, 0.717) is 18.7 Å². The van der Waals surface area contributed by atoms with E-state index in [-0.39, 0.29) is 12.0 Å². The normalized spacial score (nSPS) is 16.6. The number of rotatable bonds is 5. The van der Waals surface area contributed by atoms with Gasteiger partial charge in [-0.05, 0) is 67.3 Å². The summed E-state index contributed by atoms with van der Waals surface area (Å²) in [6.07, 6.45) is 2.14. The van der Waals surface area contributed by atoms with Crippen molar-refractivity contribution in [2.45, 2.75) is 44.9 Å². The summed E-state index contributed by atoms with van der Waals surface area (Å²) in [5.74, 6) is 5.71. The minimum atomic E-state index is -1.06. The van der Waals surface area contributed by atoms with Gasteiger partial charge in [-0.3, -0.25) is 4.79 Å². The van der Waals surface area contributed by atoms with Gasteiger partial charge in [0, 0.05) is 30.8 Å². The Labute approximate surface area is 164 Å². The van der Waals surface area contributed by atoms with Crippen LogP contribution in [0.4, 0.5) is 0 Å². The van der Waals surface area contributed by atoms with Gasteiger partial charge in [0.15, 0.2) is 0 Å². The number of aliphatic hydroxyl groups is 1. The number of amides is 1. The van der Waals surface area contributed by atoms with Gasteiger partial charge in [-0.25, -0.2) is 0 Å². The van der Waals surface area contributed by atoms with Crippen molar-refractivity contribution in [3.8, 4) is 11.8 Å². The number of nitrogens with zero attached hydrogens (tertiary/aromatic N) is 1. The minimum absolute atomic E-state index is 0.0244. The zero-order chi connectivity index (χ0) is 19.3. The fourth-order valence-electron chi connectivity index (χ4n) is 2.99. The lowest BCUT2D eigenvalue weighted by atomic mass is 10.1. The fraction of sp³-hybridized carbons (Fsp3) is 0.409. The second-order valence-corrected chi connectivity index (χ2v) is 8.12. The van der Waals surface area contributed by atoms with Crippen molar-refractivity contribution >= 4 is 17.2 Å². The molecule has 1 saturated heterocycles. The lowest BCUT2D eigenvalue weighted by molar-refractivity contribution is 0.0507. The molecule has 1 N–H and O–H groups in total.